The number of amides is 1. The zero-order valence-electron chi connectivity index (χ0n) is 41.9. The zero-order valence-corrected chi connectivity index (χ0v) is 42.7. The second-order valence-electron chi connectivity index (χ2n) is 22.5. The number of carbonyl (C=O) groups excluding carboxylic acids is 1. The molecule has 3 atom stereocenters. The van der Waals surface area contributed by atoms with E-state index in [1.165, 1.54) is 42.9 Å². The van der Waals surface area contributed by atoms with Gasteiger partial charge in [-0.25, -0.2) is 13.1 Å². The van der Waals surface area contributed by atoms with Crippen molar-refractivity contribution in [2.24, 2.45) is 16.7 Å². The fraction of sp³-hybridized carbons (Fsp3) is 0.527. The van der Waals surface area contributed by atoms with Crippen LogP contribution in [0.4, 0.5) is 17.1 Å². The monoisotopic (exact) mass is 1000 g/mol. The lowest BCUT2D eigenvalue weighted by Crippen LogP contribution is -2.54. The van der Waals surface area contributed by atoms with Crippen LogP contribution in [0, 0.1) is 26.9 Å². The molecular weight excluding hydrogens is 933 g/mol. The summed E-state index contributed by atoms with van der Waals surface area (Å²) < 4.78 is 49.8. The number of fused-ring (bicyclic) bond motifs is 2. The van der Waals surface area contributed by atoms with Crippen LogP contribution in [0.15, 0.2) is 77.8 Å². The summed E-state index contributed by atoms with van der Waals surface area (Å²) in [6, 6.07) is 21.0. The number of rotatable bonds is 13. The van der Waals surface area contributed by atoms with Gasteiger partial charge >= 0.3 is 0 Å². The molecule has 3 saturated heterocycles. The molecule has 4 N–H and O–H groups in total. The van der Waals surface area contributed by atoms with Gasteiger partial charge in [0.05, 0.1) is 21.4 Å². The van der Waals surface area contributed by atoms with Gasteiger partial charge < -0.3 is 34.7 Å². The van der Waals surface area contributed by atoms with Crippen LogP contribution >= 0.6 is 0 Å². The number of nitro benzene ring substituents is 1. The molecule has 4 aliphatic heterocycles. The highest BCUT2D eigenvalue weighted by Crippen LogP contribution is 2.55. The highest BCUT2D eigenvalue weighted by Gasteiger charge is 2.50. The van der Waals surface area contributed by atoms with Crippen LogP contribution in [0.2, 0.25) is 0 Å². The molecule has 17 heteroatoms. The number of aromatic nitrogens is 2. The standard InChI is InChI=1S/C55H68N8O8S/c1-34(2)41-8-5-6-9-42(41)45-10-7-23-62(45)38-30-55(31-38)19-24-61(25-20-55)37-11-12-43(47(27-37)71-49-26-36-15-22-57-51(36)59-53(49)70-39-16-21-56-32-39)52(64)60-72(67,68)40-28-46(63(65)66)50-48(29-40)69-33-44(58-50)35-13-17-54(3,4)18-14-35/h5-6,8-9,11-12,15,22,26-29,34-35,38-39,44-45,56,58H,7,10,13-14,16-21,23-25,30-33H2,1-4H3,(H,57,59)(H,60,64)/t39-,44+,45-/m0/s1. The minimum Gasteiger partial charge on any atom is -0.489 e. The number of piperidine rings is 1. The summed E-state index contributed by atoms with van der Waals surface area (Å²) in [5, 5.41) is 20.0. The summed E-state index contributed by atoms with van der Waals surface area (Å²) in [4.78, 5) is 38.9. The lowest BCUT2D eigenvalue weighted by molar-refractivity contribution is -0.384. The maximum atomic E-state index is 14.4. The molecule has 0 unspecified atom stereocenters. The minimum atomic E-state index is -4.68. The number of ether oxygens (including phenoxy) is 3. The Bertz CT molecular complexity index is 2960. The second kappa shape index (κ2) is 19.2. The average molecular weight is 1000 g/mol. The Labute approximate surface area is 422 Å². The van der Waals surface area contributed by atoms with E-state index < -0.39 is 31.4 Å². The molecule has 2 aliphatic carbocycles. The van der Waals surface area contributed by atoms with Gasteiger partial charge in [-0.1, -0.05) is 52.0 Å². The number of carbonyl (C=O) groups is 1. The number of nitrogens with zero attached hydrogens (tertiary/aromatic N) is 4. The SMILES string of the molecule is CC(C)c1ccccc1[C@@H]1CCCN1C1CC2(CCN(c3ccc(C(=O)NS(=O)(=O)c4cc5c(c([N+](=O)[O-])c4)N[C@@H](C4CCC(C)(C)CC4)CO5)c(Oc4cc5cc[nH]c5nc4O[C@H]4CCNC4)c3)CC2)C1. The Morgan fingerprint density at radius 3 is 2.50 bits per heavy atom. The van der Waals surface area contributed by atoms with E-state index in [2.05, 4.69) is 82.1 Å². The Kier molecular flexibility index (Phi) is 12.9. The molecular formula is C55H68N8O8S. The molecule has 5 fully saturated rings. The average Bonchev–Trinajstić information content (AvgIpc) is 4.16. The second-order valence-corrected chi connectivity index (χ2v) is 24.2. The number of nitro groups is 1. The Hall–Kier alpha value is -5.91. The largest absolute Gasteiger partial charge is 0.489 e. The number of pyridine rings is 1. The topological polar surface area (TPSA) is 193 Å². The smallest absolute Gasteiger partial charge is 0.297 e. The quantitative estimate of drug-likeness (QED) is 0.0644. The first-order chi connectivity index (χ1) is 34.6. The van der Waals surface area contributed by atoms with Crippen molar-refractivity contribution >= 4 is 44.0 Å². The van der Waals surface area contributed by atoms with E-state index in [4.69, 9.17) is 19.2 Å². The van der Waals surface area contributed by atoms with Crippen molar-refractivity contribution < 1.29 is 32.3 Å². The molecule has 72 heavy (non-hydrogen) atoms. The van der Waals surface area contributed by atoms with E-state index in [9.17, 15) is 23.3 Å². The normalized spacial score (nSPS) is 23.3. The van der Waals surface area contributed by atoms with Gasteiger partial charge in [0, 0.05) is 67.2 Å². The summed E-state index contributed by atoms with van der Waals surface area (Å²) in [6.45, 7) is 13.5. The number of anilines is 2. The number of likely N-dealkylation sites (tertiary alicyclic amines) is 1. The number of benzene rings is 3. The van der Waals surface area contributed by atoms with Crippen LogP contribution in [0.1, 0.15) is 132 Å². The van der Waals surface area contributed by atoms with Crippen LogP contribution in [0.3, 0.4) is 0 Å². The lowest BCUT2D eigenvalue weighted by atomic mass is 9.59. The first kappa shape index (κ1) is 48.4. The Balaban J connectivity index is 0.842. The zero-order chi connectivity index (χ0) is 49.9. The molecule has 3 aromatic carbocycles. The van der Waals surface area contributed by atoms with E-state index in [1.807, 2.05) is 12.1 Å². The fourth-order valence-electron chi connectivity index (χ4n) is 12.7. The van der Waals surface area contributed by atoms with Crippen LogP contribution in [-0.4, -0.2) is 91.6 Å². The van der Waals surface area contributed by atoms with E-state index in [-0.39, 0.29) is 69.9 Å². The number of hydrogen-bond donors (Lipinski definition) is 4. The Morgan fingerprint density at radius 2 is 1.75 bits per heavy atom. The summed E-state index contributed by atoms with van der Waals surface area (Å²) in [5.41, 5.74) is 4.56. The number of aromatic amines is 1. The van der Waals surface area contributed by atoms with Crippen molar-refractivity contribution in [1.82, 2.24) is 24.9 Å². The van der Waals surface area contributed by atoms with Gasteiger partial charge in [0.2, 0.25) is 0 Å². The van der Waals surface area contributed by atoms with Crippen molar-refractivity contribution in [1.29, 1.82) is 0 Å². The fourth-order valence-corrected chi connectivity index (χ4v) is 13.7. The molecule has 16 nitrogen and oxygen atoms in total. The molecule has 11 rings (SSSR count). The molecule has 6 aliphatic rings. The van der Waals surface area contributed by atoms with Crippen molar-refractivity contribution in [3.8, 4) is 23.1 Å². The minimum absolute atomic E-state index is 0.0452. The maximum Gasteiger partial charge on any atom is 0.297 e. The van der Waals surface area contributed by atoms with Crippen molar-refractivity contribution in [3.05, 3.63) is 99.7 Å². The highest BCUT2D eigenvalue weighted by atomic mass is 32.2. The van der Waals surface area contributed by atoms with Crippen LogP contribution in [-0.2, 0) is 10.0 Å². The predicted molar refractivity (Wildman–Crippen MR) is 277 cm³/mol. The third-order valence-electron chi connectivity index (χ3n) is 16.9. The predicted octanol–water partition coefficient (Wildman–Crippen LogP) is 10.2. The number of nitrogens with one attached hydrogen (secondary N) is 4. The maximum absolute atomic E-state index is 14.4. The number of hydrogen-bond acceptors (Lipinski definition) is 13. The summed E-state index contributed by atoms with van der Waals surface area (Å²) in [5.74, 6) is 0.431. The third-order valence-corrected chi connectivity index (χ3v) is 18.3. The van der Waals surface area contributed by atoms with E-state index in [1.54, 1.807) is 24.4 Å². The van der Waals surface area contributed by atoms with Gasteiger partial charge in [-0.2, -0.15) is 4.98 Å². The number of sulfonamides is 1. The van der Waals surface area contributed by atoms with Crippen molar-refractivity contribution in [2.75, 3.05) is 49.5 Å². The highest BCUT2D eigenvalue weighted by molar-refractivity contribution is 7.90. The molecule has 2 saturated carbocycles. The third kappa shape index (κ3) is 9.59. The van der Waals surface area contributed by atoms with Gasteiger partial charge in [0.1, 0.15) is 24.1 Å². The molecule has 382 valence electrons. The van der Waals surface area contributed by atoms with E-state index >= 15 is 0 Å². The lowest BCUT2D eigenvalue weighted by Gasteiger charge is -2.56. The molecule has 6 heterocycles. The van der Waals surface area contributed by atoms with Crippen molar-refractivity contribution in [2.45, 2.75) is 133 Å². The van der Waals surface area contributed by atoms with Gasteiger partial charge in [0.15, 0.2) is 17.2 Å². The van der Waals surface area contributed by atoms with Gasteiger partial charge in [0.25, 0.3) is 27.5 Å². The summed E-state index contributed by atoms with van der Waals surface area (Å²) >= 11 is 0. The van der Waals surface area contributed by atoms with Crippen molar-refractivity contribution in [3.63, 3.8) is 0 Å². The van der Waals surface area contributed by atoms with E-state index in [0.717, 1.165) is 88.3 Å². The molecule has 2 aromatic heterocycles. The molecule has 1 spiro atoms. The van der Waals surface area contributed by atoms with Crippen LogP contribution in [0.25, 0.3) is 11.0 Å². The molecule has 5 aromatic rings. The molecule has 0 radical (unpaired) electrons. The van der Waals surface area contributed by atoms with Gasteiger partial charge in [-0.3, -0.25) is 19.8 Å². The van der Waals surface area contributed by atoms with Gasteiger partial charge in [-0.05, 0) is 142 Å². The summed E-state index contributed by atoms with van der Waals surface area (Å²) in [6.07, 6.45) is 13.3. The summed E-state index contributed by atoms with van der Waals surface area (Å²) in [7, 11) is -4.68. The van der Waals surface area contributed by atoms with Crippen LogP contribution in [0.5, 0.6) is 23.1 Å². The molecule has 1 amide bonds. The Morgan fingerprint density at radius 1 is 0.958 bits per heavy atom. The van der Waals surface area contributed by atoms with Crippen LogP contribution < -0.4 is 34.5 Å². The van der Waals surface area contributed by atoms with Gasteiger partial charge in [-0.15, -0.1) is 0 Å². The first-order valence-corrected chi connectivity index (χ1v) is 27.7. The number of H-pyrrole nitrogens is 1. The molecule has 0 bridgehead atoms. The van der Waals surface area contributed by atoms with E-state index in [0.29, 0.717) is 30.2 Å². The first-order valence-electron chi connectivity index (χ1n) is 26.2.